The molecule has 2 unspecified atom stereocenters. The van der Waals surface area contributed by atoms with Crippen LogP contribution in [0.5, 0.6) is 0 Å². The molecule has 0 aromatic heterocycles. The minimum absolute atomic E-state index is 0.179. The molecule has 2 fully saturated rings. The van der Waals surface area contributed by atoms with Crippen molar-refractivity contribution in [2.45, 2.75) is 64.1 Å². The Hall–Kier alpha value is -0.810. The highest BCUT2D eigenvalue weighted by Gasteiger charge is 2.30. The van der Waals surface area contributed by atoms with Gasteiger partial charge in [-0.3, -0.25) is 0 Å². The van der Waals surface area contributed by atoms with E-state index in [4.69, 9.17) is 4.74 Å². The Balaban J connectivity index is 1.71. The Morgan fingerprint density at radius 1 is 1.24 bits per heavy atom. The normalized spacial score (nSPS) is 27.9. The van der Waals surface area contributed by atoms with E-state index in [2.05, 4.69) is 17.3 Å². The van der Waals surface area contributed by atoms with Gasteiger partial charge in [-0.1, -0.05) is 6.42 Å². The molecule has 2 aliphatic rings. The third kappa shape index (κ3) is 5.15. The van der Waals surface area contributed by atoms with Gasteiger partial charge >= 0.3 is 6.09 Å². The van der Waals surface area contributed by atoms with Crippen molar-refractivity contribution in [3.05, 3.63) is 0 Å². The Labute approximate surface area is 129 Å². The van der Waals surface area contributed by atoms with Gasteiger partial charge in [-0.15, -0.1) is 0 Å². The van der Waals surface area contributed by atoms with E-state index >= 15 is 0 Å². The summed E-state index contributed by atoms with van der Waals surface area (Å²) in [4.78, 5) is 16.3. The van der Waals surface area contributed by atoms with E-state index in [0.29, 0.717) is 12.1 Å². The molecule has 0 aromatic carbocycles. The third-order valence-electron chi connectivity index (χ3n) is 4.40. The average molecular weight is 297 g/mol. The van der Waals surface area contributed by atoms with Crippen molar-refractivity contribution in [2.24, 2.45) is 0 Å². The number of hydrogen-bond acceptors (Lipinski definition) is 4. The maximum atomic E-state index is 12.0. The minimum atomic E-state index is -0.409. The molecule has 2 rings (SSSR count). The molecule has 0 radical (unpaired) electrons. The molecule has 2 atom stereocenters. The monoisotopic (exact) mass is 297 g/mol. The van der Waals surface area contributed by atoms with Gasteiger partial charge in [0.2, 0.25) is 0 Å². The lowest BCUT2D eigenvalue weighted by atomic mass is 10.0. The Morgan fingerprint density at radius 3 is 2.67 bits per heavy atom. The fraction of sp³-hybridized carbons (Fsp3) is 0.938. The summed E-state index contributed by atoms with van der Waals surface area (Å²) in [7, 11) is 2.22. The molecule has 2 saturated heterocycles. The number of carbonyl (C=O) groups is 1. The van der Waals surface area contributed by atoms with E-state index in [9.17, 15) is 4.79 Å². The summed E-state index contributed by atoms with van der Waals surface area (Å²) in [5, 5.41) is 3.64. The minimum Gasteiger partial charge on any atom is -0.444 e. The smallest absolute Gasteiger partial charge is 0.410 e. The molecule has 0 bridgehead atoms. The molecule has 5 heteroatoms. The molecule has 5 nitrogen and oxygen atoms in total. The average Bonchev–Trinajstić information content (AvgIpc) is 2.85. The lowest BCUT2D eigenvalue weighted by Crippen LogP contribution is -2.46. The molecule has 1 amide bonds. The fourth-order valence-corrected chi connectivity index (χ4v) is 3.12. The lowest BCUT2D eigenvalue weighted by Gasteiger charge is -2.33. The second-order valence-electron chi connectivity index (χ2n) is 7.45. The van der Waals surface area contributed by atoms with Crippen LogP contribution in [-0.2, 0) is 4.74 Å². The molecular weight excluding hydrogens is 266 g/mol. The Bertz CT molecular complexity index is 354. The predicted octanol–water partition coefficient (Wildman–Crippen LogP) is 2.07. The number of nitrogens with zero attached hydrogens (tertiary/aromatic N) is 2. The summed E-state index contributed by atoms with van der Waals surface area (Å²) < 4.78 is 5.43. The topological polar surface area (TPSA) is 44.8 Å². The predicted molar refractivity (Wildman–Crippen MR) is 84.5 cm³/mol. The van der Waals surface area contributed by atoms with Crippen molar-refractivity contribution < 1.29 is 9.53 Å². The summed E-state index contributed by atoms with van der Waals surface area (Å²) in [6.45, 7) is 9.55. The van der Waals surface area contributed by atoms with Gasteiger partial charge in [0.1, 0.15) is 5.60 Å². The van der Waals surface area contributed by atoms with Gasteiger partial charge in [-0.05, 0) is 53.6 Å². The number of hydrogen-bond donors (Lipinski definition) is 1. The van der Waals surface area contributed by atoms with E-state index in [1.54, 1.807) is 0 Å². The van der Waals surface area contributed by atoms with E-state index in [0.717, 1.165) is 26.1 Å². The maximum absolute atomic E-state index is 12.0. The lowest BCUT2D eigenvalue weighted by molar-refractivity contribution is 0.0290. The number of likely N-dealkylation sites (tertiary alicyclic amines) is 2. The van der Waals surface area contributed by atoms with Crippen LogP contribution in [0.2, 0.25) is 0 Å². The maximum Gasteiger partial charge on any atom is 0.410 e. The standard InChI is InChI=1S/C16H31N3O2/c1-16(2,3)21-15(20)19-10-8-13(12-19)17-11-14-7-5-6-9-18(14)4/h13-14,17H,5-12H2,1-4H3. The number of nitrogens with one attached hydrogen (secondary N) is 1. The van der Waals surface area contributed by atoms with Crippen LogP contribution in [-0.4, -0.2) is 66.8 Å². The first-order valence-electron chi connectivity index (χ1n) is 8.27. The van der Waals surface area contributed by atoms with E-state index < -0.39 is 5.60 Å². The molecule has 0 saturated carbocycles. The van der Waals surface area contributed by atoms with Gasteiger partial charge in [0, 0.05) is 31.7 Å². The number of rotatable bonds is 3. The number of piperidine rings is 1. The zero-order chi connectivity index (χ0) is 15.5. The van der Waals surface area contributed by atoms with Crippen LogP contribution in [0, 0.1) is 0 Å². The van der Waals surface area contributed by atoms with E-state index in [1.807, 2.05) is 25.7 Å². The van der Waals surface area contributed by atoms with Crippen LogP contribution in [0.1, 0.15) is 46.5 Å². The highest BCUT2D eigenvalue weighted by Crippen LogP contribution is 2.17. The van der Waals surface area contributed by atoms with E-state index in [-0.39, 0.29) is 6.09 Å². The highest BCUT2D eigenvalue weighted by molar-refractivity contribution is 5.68. The molecule has 0 spiro atoms. The van der Waals surface area contributed by atoms with Crippen LogP contribution in [0.3, 0.4) is 0 Å². The summed E-state index contributed by atoms with van der Waals surface area (Å²) >= 11 is 0. The van der Waals surface area contributed by atoms with Gasteiger partial charge in [-0.25, -0.2) is 4.79 Å². The second kappa shape index (κ2) is 6.97. The largest absolute Gasteiger partial charge is 0.444 e. The molecule has 0 aliphatic carbocycles. The zero-order valence-corrected chi connectivity index (χ0v) is 14.0. The first-order chi connectivity index (χ1) is 9.85. The summed E-state index contributed by atoms with van der Waals surface area (Å²) in [5.41, 5.74) is -0.409. The van der Waals surface area contributed by atoms with Crippen molar-refractivity contribution in [1.82, 2.24) is 15.1 Å². The van der Waals surface area contributed by atoms with Gasteiger partial charge in [0.25, 0.3) is 0 Å². The molecule has 0 aromatic rings. The van der Waals surface area contributed by atoms with Gasteiger partial charge in [0.15, 0.2) is 0 Å². The van der Waals surface area contributed by atoms with Crippen molar-refractivity contribution >= 4 is 6.09 Å². The van der Waals surface area contributed by atoms with Crippen LogP contribution in [0.4, 0.5) is 4.79 Å². The fourth-order valence-electron chi connectivity index (χ4n) is 3.12. The zero-order valence-electron chi connectivity index (χ0n) is 14.0. The molecule has 2 aliphatic heterocycles. The van der Waals surface area contributed by atoms with Crippen LogP contribution in [0.15, 0.2) is 0 Å². The van der Waals surface area contributed by atoms with Crippen molar-refractivity contribution in [2.75, 3.05) is 33.2 Å². The molecular formula is C16H31N3O2. The quantitative estimate of drug-likeness (QED) is 0.866. The molecule has 2 heterocycles. The van der Waals surface area contributed by atoms with Crippen molar-refractivity contribution in [1.29, 1.82) is 0 Å². The Morgan fingerprint density at radius 2 is 2.00 bits per heavy atom. The molecule has 1 N–H and O–H groups in total. The number of carbonyl (C=O) groups excluding carboxylic acids is 1. The summed E-state index contributed by atoms with van der Waals surface area (Å²) in [6.07, 6.45) is 4.79. The van der Waals surface area contributed by atoms with Crippen LogP contribution in [0.25, 0.3) is 0 Å². The number of amides is 1. The highest BCUT2D eigenvalue weighted by atomic mass is 16.6. The van der Waals surface area contributed by atoms with Gasteiger partial charge in [0.05, 0.1) is 0 Å². The summed E-state index contributed by atoms with van der Waals surface area (Å²) in [5.74, 6) is 0. The van der Waals surface area contributed by atoms with Crippen molar-refractivity contribution in [3.63, 3.8) is 0 Å². The second-order valence-corrected chi connectivity index (χ2v) is 7.45. The SMILES string of the molecule is CN1CCCCC1CNC1CCN(C(=O)OC(C)(C)C)C1. The first-order valence-corrected chi connectivity index (χ1v) is 8.27. The molecule has 122 valence electrons. The van der Waals surface area contributed by atoms with Crippen LogP contribution < -0.4 is 5.32 Å². The molecule has 21 heavy (non-hydrogen) atoms. The number of likely N-dealkylation sites (N-methyl/N-ethyl adjacent to an activating group) is 1. The summed E-state index contributed by atoms with van der Waals surface area (Å²) in [6, 6.07) is 1.06. The number of ether oxygens (including phenoxy) is 1. The van der Waals surface area contributed by atoms with Gasteiger partial charge < -0.3 is 19.9 Å². The Kier molecular flexibility index (Phi) is 5.49. The van der Waals surface area contributed by atoms with Crippen LogP contribution >= 0.6 is 0 Å². The third-order valence-corrected chi connectivity index (χ3v) is 4.40. The van der Waals surface area contributed by atoms with Gasteiger partial charge in [-0.2, -0.15) is 0 Å². The van der Waals surface area contributed by atoms with E-state index in [1.165, 1.54) is 25.8 Å². The first kappa shape index (κ1) is 16.6. The van der Waals surface area contributed by atoms with Crippen molar-refractivity contribution in [3.8, 4) is 0 Å².